The highest BCUT2D eigenvalue weighted by molar-refractivity contribution is 5.67. The number of benzene rings is 1. The number of hydrogen-bond acceptors (Lipinski definition) is 4. The molecule has 0 saturated heterocycles. The van der Waals surface area contributed by atoms with Crippen molar-refractivity contribution in [2.24, 2.45) is 5.84 Å². The molecular weight excluding hydrogens is 140 g/mol. The zero-order chi connectivity index (χ0) is 8.27. The standard InChI is InChI=1S/C7H8N4/c8-4-5-1-2-7(11-10)6(9)3-5/h1-3,11H,9-10H2. The third-order valence-corrected chi connectivity index (χ3v) is 1.34. The van der Waals surface area contributed by atoms with Gasteiger partial charge in [-0.1, -0.05) is 0 Å². The van der Waals surface area contributed by atoms with Crippen LogP contribution in [-0.4, -0.2) is 0 Å². The second-order valence-electron chi connectivity index (χ2n) is 2.06. The molecule has 0 aliphatic carbocycles. The van der Waals surface area contributed by atoms with Gasteiger partial charge in [0.1, 0.15) is 0 Å². The number of anilines is 2. The fourth-order valence-electron chi connectivity index (χ4n) is 0.764. The number of nitrogens with zero attached hydrogens (tertiary/aromatic N) is 1. The van der Waals surface area contributed by atoms with Crippen LogP contribution in [0.15, 0.2) is 18.2 Å². The van der Waals surface area contributed by atoms with Gasteiger partial charge in [-0.2, -0.15) is 5.26 Å². The highest BCUT2D eigenvalue weighted by Crippen LogP contribution is 2.17. The predicted molar refractivity (Wildman–Crippen MR) is 43.4 cm³/mol. The van der Waals surface area contributed by atoms with E-state index in [2.05, 4.69) is 5.43 Å². The molecule has 5 N–H and O–H groups in total. The zero-order valence-corrected chi connectivity index (χ0v) is 5.83. The van der Waals surface area contributed by atoms with E-state index in [-0.39, 0.29) is 0 Å². The minimum Gasteiger partial charge on any atom is -0.397 e. The second-order valence-corrected chi connectivity index (χ2v) is 2.06. The third-order valence-electron chi connectivity index (χ3n) is 1.34. The van der Waals surface area contributed by atoms with Crippen molar-refractivity contribution in [3.05, 3.63) is 23.8 Å². The monoisotopic (exact) mass is 148 g/mol. The first kappa shape index (κ1) is 7.38. The van der Waals surface area contributed by atoms with Gasteiger partial charge in [-0.3, -0.25) is 5.84 Å². The molecule has 0 bridgehead atoms. The lowest BCUT2D eigenvalue weighted by atomic mass is 10.2. The topological polar surface area (TPSA) is 87.9 Å². The number of hydrogen-bond donors (Lipinski definition) is 3. The van der Waals surface area contributed by atoms with Crippen molar-refractivity contribution >= 4 is 11.4 Å². The van der Waals surface area contributed by atoms with Gasteiger partial charge in [0.2, 0.25) is 0 Å². The van der Waals surface area contributed by atoms with Gasteiger partial charge in [0, 0.05) is 0 Å². The summed E-state index contributed by atoms with van der Waals surface area (Å²) in [5.41, 5.74) is 9.56. The number of nitriles is 1. The van der Waals surface area contributed by atoms with Crippen LogP contribution in [0.3, 0.4) is 0 Å². The summed E-state index contributed by atoms with van der Waals surface area (Å²) in [6.45, 7) is 0. The van der Waals surface area contributed by atoms with Crippen molar-refractivity contribution < 1.29 is 0 Å². The molecule has 1 rings (SSSR count). The van der Waals surface area contributed by atoms with E-state index in [0.29, 0.717) is 16.9 Å². The maximum Gasteiger partial charge on any atom is 0.0992 e. The van der Waals surface area contributed by atoms with E-state index < -0.39 is 0 Å². The summed E-state index contributed by atoms with van der Waals surface area (Å²) in [5.74, 6) is 5.13. The minimum absolute atomic E-state index is 0.478. The molecule has 4 heteroatoms. The van der Waals surface area contributed by atoms with Crippen molar-refractivity contribution in [1.82, 2.24) is 0 Å². The van der Waals surface area contributed by atoms with Crippen molar-refractivity contribution in [1.29, 1.82) is 5.26 Å². The normalized spacial score (nSPS) is 8.73. The van der Waals surface area contributed by atoms with Gasteiger partial charge in [-0.15, -0.1) is 0 Å². The first-order chi connectivity index (χ1) is 5.27. The van der Waals surface area contributed by atoms with E-state index in [1.165, 1.54) is 0 Å². The Balaban J connectivity index is 3.12. The zero-order valence-electron chi connectivity index (χ0n) is 5.83. The molecule has 0 fully saturated rings. The molecule has 1 aromatic carbocycles. The van der Waals surface area contributed by atoms with Crippen LogP contribution < -0.4 is 17.0 Å². The summed E-state index contributed by atoms with van der Waals surface area (Å²) < 4.78 is 0. The largest absolute Gasteiger partial charge is 0.397 e. The van der Waals surface area contributed by atoms with Crippen LogP contribution >= 0.6 is 0 Å². The summed E-state index contributed by atoms with van der Waals surface area (Å²) in [5, 5.41) is 8.47. The Morgan fingerprint density at radius 3 is 2.64 bits per heavy atom. The lowest BCUT2D eigenvalue weighted by Crippen LogP contribution is -2.08. The summed E-state index contributed by atoms with van der Waals surface area (Å²) in [4.78, 5) is 0. The second kappa shape index (κ2) is 2.90. The Morgan fingerprint density at radius 2 is 2.18 bits per heavy atom. The van der Waals surface area contributed by atoms with Gasteiger partial charge in [0.05, 0.1) is 23.0 Å². The van der Waals surface area contributed by atoms with Crippen LogP contribution in [0.1, 0.15) is 5.56 Å². The highest BCUT2D eigenvalue weighted by Gasteiger charge is 1.96. The van der Waals surface area contributed by atoms with Crippen molar-refractivity contribution in [3.8, 4) is 6.07 Å². The molecule has 0 aliphatic heterocycles. The van der Waals surface area contributed by atoms with Crippen LogP contribution in [0.5, 0.6) is 0 Å². The number of rotatable bonds is 1. The summed E-state index contributed by atoms with van der Waals surface area (Å²) in [7, 11) is 0. The van der Waals surface area contributed by atoms with Crippen LogP contribution in [0.2, 0.25) is 0 Å². The van der Waals surface area contributed by atoms with Gasteiger partial charge in [-0.25, -0.2) is 0 Å². The molecular formula is C7H8N4. The lowest BCUT2D eigenvalue weighted by molar-refractivity contribution is 1.35. The average molecular weight is 148 g/mol. The minimum atomic E-state index is 0.478. The Morgan fingerprint density at radius 1 is 1.45 bits per heavy atom. The summed E-state index contributed by atoms with van der Waals surface area (Å²) in [6.07, 6.45) is 0. The molecule has 0 aromatic heterocycles. The van der Waals surface area contributed by atoms with Gasteiger partial charge >= 0.3 is 0 Å². The van der Waals surface area contributed by atoms with E-state index in [1.807, 2.05) is 6.07 Å². The molecule has 0 radical (unpaired) electrons. The number of hydrazine groups is 1. The smallest absolute Gasteiger partial charge is 0.0992 e. The molecule has 4 nitrogen and oxygen atoms in total. The molecule has 0 amide bonds. The molecule has 0 heterocycles. The Labute approximate surface area is 64.4 Å². The van der Waals surface area contributed by atoms with Crippen molar-refractivity contribution in [2.45, 2.75) is 0 Å². The van der Waals surface area contributed by atoms with Crippen molar-refractivity contribution in [2.75, 3.05) is 11.2 Å². The fourth-order valence-corrected chi connectivity index (χ4v) is 0.764. The van der Waals surface area contributed by atoms with Crippen LogP contribution in [0, 0.1) is 11.3 Å². The quantitative estimate of drug-likeness (QED) is 0.306. The van der Waals surface area contributed by atoms with E-state index >= 15 is 0 Å². The number of nitrogen functional groups attached to an aromatic ring is 2. The first-order valence-electron chi connectivity index (χ1n) is 3.04. The number of nitrogens with one attached hydrogen (secondary N) is 1. The molecule has 0 aliphatic rings. The van der Waals surface area contributed by atoms with E-state index in [1.54, 1.807) is 18.2 Å². The van der Waals surface area contributed by atoms with Gasteiger partial charge in [0.25, 0.3) is 0 Å². The van der Waals surface area contributed by atoms with Crippen LogP contribution in [0.25, 0.3) is 0 Å². The Hall–Kier alpha value is -1.73. The van der Waals surface area contributed by atoms with Crippen molar-refractivity contribution in [3.63, 3.8) is 0 Å². The Bertz CT molecular complexity index is 300. The molecule has 0 unspecified atom stereocenters. The molecule has 56 valence electrons. The number of nitrogens with two attached hydrogens (primary N) is 2. The molecule has 1 aromatic rings. The molecule has 0 spiro atoms. The SMILES string of the molecule is N#Cc1ccc(NN)c(N)c1. The maximum absolute atomic E-state index is 8.47. The van der Waals surface area contributed by atoms with E-state index in [0.717, 1.165) is 0 Å². The van der Waals surface area contributed by atoms with Gasteiger partial charge < -0.3 is 11.2 Å². The van der Waals surface area contributed by atoms with Crippen LogP contribution in [-0.2, 0) is 0 Å². The fraction of sp³-hybridized carbons (Fsp3) is 0. The lowest BCUT2D eigenvalue weighted by Gasteiger charge is -2.02. The van der Waals surface area contributed by atoms with Gasteiger partial charge in [0.15, 0.2) is 0 Å². The molecule has 11 heavy (non-hydrogen) atoms. The van der Waals surface area contributed by atoms with Crippen LogP contribution in [0.4, 0.5) is 11.4 Å². The first-order valence-corrected chi connectivity index (χ1v) is 3.04. The third kappa shape index (κ3) is 1.39. The maximum atomic E-state index is 8.47. The molecule has 0 atom stereocenters. The highest BCUT2D eigenvalue weighted by atomic mass is 15.2. The predicted octanol–water partition coefficient (Wildman–Crippen LogP) is 0.426. The summed E-state index contributed by atoms with van der Waals surface area (Å²) >= 11 is 0. The van der Waals surface area contributed by atoms with Gasteiger partial charge in [-0.05, 0) is 18.2 Å². The summed E-state index contributed by atoms with van der Waals surface area (Å²) in [6, 6.07) is 6.84. The van der Waals surface area contributed by atoms with E-state index in [9.17, 15) is 0 Å². The average Bonchev–Trinajstić information content (AvgIpc) is 2.04. The Kier molecular flexibility index (Phi) is 1.95. The van der Waals surface area contributed by atoms with E-state index in [4.69, 9.17) is 16.8 Å². The molecule has 0 saturated carbocycles.